The monoisotopic (exact) mass is 363 g/mol. The molecule has 0 bridgehead atoms. The zero-order valence-corrected chi connectivity index (χ0v) is 14.9. The normalized spacial score (nSPS) is 11.0. The van der Waals surface area contributed by atoms with Crippen LogP contribution in [0.25, 0.3) is 11.0 Å². The Hall–Kier alpha value is -2.18. The van der Waals surface area contributed by atoms with E-state index in [1.807, 2.05) is 20.0 Å². The number of nitrogens with zero attached hydrogens (tertiary/aromatic N) is 4. The van der Waals surface area contributed by atoms with Crippen LogP contribution in [0, 0.1) is 13.8 Å². The summed E-state index contributed by atoms with van der Waals surface area (Å²) >= 11 is 12.2. The van der Waals surface area contributed by atoms with Gasteiger partial charge in [0.2, 0.25) is 5.91 Å². The topological polar surface area (TPSA) is 72.7 Å². The number of carbonyl (C=O) groups excluding carboxylic acids is 1. The van der Waals surface area contributed by atoms with E-state index in [1.54, 1.807) is 23.9 Å². The molecule has 0 spiro atoms. The Labute approximate surface area is 148 Å². The summed E-state index contributed by atoms with van der Waals surface area (Å²) in [4.78, 5) is 20.7. The summed E-state index contributed by atoms with van der Waals surface area (Å²) in [5.41, 5.74) is 3.42. The Balaban J connectivity index is 1.82. The van der Waals surface area contributed by atoms with Crippen molar-refractivity contribution in [1.29, 1.82) is 0 Å². The molecule has 3 aromatic heterocycles. The van der Waals surface area contributed by atoms with Crippen LogP contribution in [0.5, 0.6) is 0 Å². The number of hydrogen-bond donors (Lipinski definition) is 1. The van der Waals surface area contributed by atoms with Crippen molar-refractivity contribution in [2.45, 2.75) is 20.3 Å². The van der Waals surface area contributed by atoms with Crippen molar-refractivity contribution in [3.05, 3.63) is 45.5 Å². The minimum absolute atomic E-state index is 0.0367. The Morgan fingerprint density at radius 3 is 2.75 bits per heavy atom. The van der Waals surface area contributed by atoms with E-state index in [9.17, 15) is 4.79 Å². The lowest BCUT2D eigenvalue weighted by Gasteiger charge is -2.09. The Bertz CT molecular complexity index is 928. The van der Waals surface area contributed by atoms with E-state index in [2.05, 4.69) is 20.4 Å². The van der Waals surface area contributed by atoms with Crippen molar-refractivity contribution >= 4 is 45.8 Å². The maximum atomic E-state index is 12.3. The van der Waals surface area contributed by atoms with Gasteiger partial charge in [-0.3, -0.25) is 9.48 Å². The molecule has 3 aromatic rings. The van der Waals surface area contributed by atoms with Crippen molar-refractivity contribution in [1.82, 2.24) is 19.7 Å². The molecule has 24 heavy (non-hydrogen) atoms. The molecule has 0 aromatic carbocycles. The Kier molecular flexibility index (Phi) is 4.43. The summed E-state index contributed by atoms with van der Waals surface area (Å²) in [5.74, 6) is -0.243. The van der Waals surface area contributed by atoms with Gasteiger partial charge in [-0.05, 0) is 26.0 Å². The van der Waals surface area contributed by atoms with Crippen molar-refractivity contribution < 1.29 is 4.79 Å². The zero-order valence-electron chi connectivity index (χ0n) is 13.4. The van der Waals surface area contributed by atoms with E-state index >= 15 is 0 Å². The first kappa shape index (κ1) is 16.7. The van der Waals surface area contributed by atoms with Gasteiger partial charge in [0, 0.05) is 28.7 Å². The molecule has 1 amide bonds. The molecule has 0 unspecified atom stereocenters. The summed E-state index contributed by atoms with van der Waals surface area (Å²) < 4.78 is 1.70. The van der Waals surface area contributed by atoms with Gasteiger partial charge in [0.25, 0.3) is 0 Å². The van der Waals surface area contributed by atoms with Gasteiger partial charge in [0.05, 0.1) is 24.0 Å². The van der Waals surface area contributed by atoms with Gasteiger partial charge in [-0.1, -0.05) is 23.2 Å². The minimum Gasteiger partial charge on any atom is -0.324 e. The molecule has 6 nitrogen and oxygen atoms in total. The van der Waals surface area contributed by atoms with Gasteiger partial charge in [-0.25, -0.2) is 9.97 Å². The van der Waals surface area contributed by atoms with Crippen molar-refractivity contribution in [2.75, 3.05) is 5.32 Å². The van der Waals surface area contributed by atoms with E-state index in [0.717, 1.165) is 16.7 Å². The quantitative estimate of drug-likeness (QED) is 0.723. The maximum absolute atomic E-state index is 12.3. The number of aryl methyl sites for hydroxylation is 3. The molecule has 3 rings (SSSR count). The number of carbonyl (C=O) groups is 1. The zero-order chi connectivity index (χ0) is 17.4. The van der Waals surface area contributed by atoms with E-state index in [-0.39, 0.29) is 17.5 Å². The van der Waals surface area contributed by atoms with Gasteiger partial charge in [-0.2, -0.15) is 5.10 Å². The predicted octanol–water partition coefficient (Wildman–Crippen LogP) is 3.47. The highest BCUT2D eigenvalue weighted by Crippen LogP contribution is 2.25. The number of anilines is 1. The molecule has 3 heterocycles. The summed E-state index contributed by atoms with van der Waals surface area (Å²) in [6.45, 7) is 3.69. The van der Waals surface area contributed by atoms with Gasteiger partial charge in [-0.15, -0.1) is 0 Å². The molecule has 1 N–H and O–H groups in total. The Morgan fingerprint density at radius 1 is 1.29 bits per heavy atom. The molecule has 0 fully saturated rings. The second-order valence-electron chi connectivity index (χ2n) is 5.54. The van der Waals surface area contributed by atoms with Crippen LogP contribution < -0.4 is 5.32 Å². The molecule has 8 heteroatoms. The fraction of sp³-hybridized carbons (Fsp3) is 0.250. The fourth-order valence-electron chi connectivity index (χ4n) is 2.52. The van der Waals surface area contributed by atoms with Gasteiger partial charge in [0.15, 0.2) is 5.65 Å². The molecule has 0 atom stereocenters. The molecular weight excluding hydrogens is 349 g/mol. The molecule has 0 aliphatic carbocycles. The smallest absolute Gasteiger partial charge is 0.229 e. The number of halogens is 2. The number of pyridine rings is 2. The molecule has 0 radical (unpaired) electrons. The first-order chi connectivity index (χ1) is 11.3. The van der Waals surface area contributed by atoms with Crippen molar-refractivity contribution in [3.63, 3.8) is 0 Å². The summed E-state index contributed by atoms with van der Waals surface area (Å²) in [7, 11) is 1.83. The lowest BCUT2D eigenvalue weighted by Crippen LogP contribution is -2.15. The molecule has 124 valence electrons. The average Bonchev–Trinajstić information content (AvgIpc) is 2.77. The minimum atomic E-state index is -0.243. The average molecular weight is 364 g/mol. The predicted molar refractivity (Wildman–Crippen MR) is 94.6 cm³/mol. The number of hydrogen-bond acceptors (Lipinski definition) is 4. The highest BCUT2D eigenvalue weighted by atomic mass is 35.5. The van der Waals surface area contributed by atoms with Crippen LogP contribution in [0.2, 0.25) is 10.2 Å². The number of rotatable bonds is 3. The van der Waals surface area contributed by atoms with E-state index < -0.39 is 0 Å². The van der Waals surface area contributed by atoms with Crippen LogP contribution in [0.3, 0.4) is 0 Å². The van der Waals surface area contributed by atoms with Crippen LogP contribution >= 0.6 is 23.2 Å². The fourth-order valence-corrected chi connectivity index (χ4v) is 3.19. The third kappa shape index (κ3) is 3.20. The Morgan fingerprint density at radius 2 is 2.04 bits per heavy atom. The molecule has 0 saturated carbocycles. The second-order valence-corrected chi connectivity index (χ2v) is 6.31. The lowest BCUT2D eigenvalue weighted by atomic mass is 10.2. The first-order valence-corrected chi connectivity index (χ1v) is 8.01. The number of nitrogens with one attached hydrogen (secondary N) is 1. The van der Waals surface area contributed by atoms with Crippen LogP contribution in [0.15, 0.2) is 18.3 Å². The van der Waals surface area contributed by atoms with Crippen molar-refractivity contribution in [2.24, 2.45) is 7.05 Å². The molecule has 0 aliphatic rings. The summed E-state index contributed by atoms with van der Waals surface area (Å²) in [5, 5.41) is 8.68. The summed E-state index contributed by atoms with van der Waals surface area (Å²) in [6.07, 6.45) is 1.63. The van der Waals surface area contributed by atoms with Gasteiger partial charge < -0.3 is 5.32 Å². The van der Waals surface area contributed by atoms with E-state index in [4.69, 9.17) is 23.2 Å². The van der Waals surface area contributed by atoms with E-state index in [0.29, 0.717) is 22.0 Å². The van der Waals surface area contributed by atoms with Gasteiger partial charge in [0.1, 0.15) is 5.15 Å². The first-order valence-electron chi connectivity index (χ1n) is 7.26. The SMILES string of the molecule is Cc1cc(Cl)c(CC(=O)Nc2cnc3c(c2)c(C)nn3C)c(Cl)n1. The molecular formula is C16H15Cl2N5O. The third-order valence-corrected chi connectivity index (χ3v) is 4.28. The maximum Gasteiger partial charge on any atom is 0.229 e. The van der Waals surface area contributed by atoms with Crippen LogP contribution in [-0.4, -0.2) is 25.7 Å². The van der Waals surface area contributed by atoms with Gasteiger partial charge >= 0.3 is 0 Å². The van der Waals surface area contributed by atoms with Crippen molar-refractivity contribution in [3.8, 4) is 0 Å². The van der Waals surface area contributed by atoms with Crippen LogP contribution in [-0.2, 0) is 18.3 Å². The van der Waals surface area contributed by atoms with Crippen LogP contribution in [0.1, 0.15) is 17.0 Å². The summed E-state index contributed by atoms with van der Waals surface area (Å²) in [6, 6.07) is 3.53. The largest absolute Gasteiger partial charge is 0.324 e. The number of fused-ring (bicyclic) bond motifs is 1. The highest BCUT2D eigenvalue weighted by molar-refractivity contribution is 6.35. The molecule has 0 aliphatic heterocycles. The second kappa shape index (κ2) is 6.37. The van der Waals surface area contributed by atoms with Crippen LogP contribution in [0.4, 0.5) is 5.69 Å². The number of amides is 1. The lowest BCUT2D eigenvalue weighted by molar-refractivity contribution is -0.115. The standard InChI is InChI=1S/C16H15Cl2N5O/c1-8-4-13(17)12(15(18)20-8)6-14(24)21-10-5-11-9(2)22-23(3)16(11)19-7-10/h4-5,7H,6H2,1-3H3,(H,21,24). The third-order valence-electron chi connectivity index (χ3n) is 3.63. The highest BCUT2D eigenvalue weighted by Gasteiger charge is 2.14. The number of aromatic nitrogens is 4. The molecule has 0 saturated heterocycles. The van der Waals surface area contributed by atoms with E-state index in [1.165, 1.54) is 0 Å².